The van der Waals surface area contributed by atoms with Crippen molar-refractivity contribution in [3.63, 3.8) is 0 Å². The van der Waals surface area contributed by atoms with Gasteiger partial charge in [0.1, 0.15) is 5.01 Å². The highest BCUT2D eigenvalue weighted by Crippen LogP contribution is 2.24. The number of rotatable bonds is 5. The Labute approximate surface area is 142 Å². The molecule has 0 aliphatic carbocycles. The maximum absolute atomic E-state index is 12.0. The van der Waals surface area contributed by atoms with Gasteiger partial charge in [0.2, 0.25) is 0 Å². The first-order valence-corrected chi connectivity index (χ1v) is 8.26. The largest absolute Gasteiger partial charge is 0.476 e. The van der Waals surface area contributed by atoms with Gasteiger partial charge in [0.15, 0.2) is 11.8 Å². The summed E-state index contributed by atoms with van der Waals surface area (Å²) < 4.78 is 10.6. The molecular weight excluding hydrogens is 332 g/mol. The molecule has 7 nitrogen and oxygen atoms in total. The number of nitrogens with zero attached hydrogens (tertiary/aromatic N) is 1. The quantitative estimate of drug-likeness (QED) is 0.851. The number of carbonyl (C=O) groups excluding carboxylic acids is 1. The first kappa shape index (κ1) is 16.6. The van der Waals surface area contributed by atoms with Crippen LogP contribution in [0, 0.1) is 0 Å². The molecule has 126 valence electrons. The highest BCUT2D eigenvalue weighted by Gasteiger charge is 2.22. The number of ether oxygens (including phenoxy) is 2. The third-order valence-corrected chi connectivity index (χ3v) is 4.36. The molecule has 0 spiro atoms. The molecule has 24 heavy (non-hydrogen) atoms. The Hall–Kier alpha value is -2.29. The SMILES string of the molecule is O=C(O)c1csc(-c2cccc(CNC(=O)[C@H]3COCCO3)c2)n1. The second kappa shape index (κ2) is 7.52. The molecule has 3 rings (SSSR count). The van der Waals surface area contributed by atoms with E-state index in [9.17, 15) is 9.59 Å². The standard InChI is InChI=1S/C16H16N2O5S/c19-14(13-8-22-4-5-23-13)17-7-10-2-1-3-11(6-10)15-18-12(9-24-15)16(20)21/h1-3,6,9,13H,4-5,7-8H2,(H,17,19)(H,20,21)/t13-/m1/s1. The molecule has 1 aromatic carbocycles. The lowest BCUT2D eigenvalue weighted by molar-refractivity contribution is -0.147. The number of aromatic carboxylic acids is 1. The van der Waals surface area contributed by atoms with Gasteiger partial charge in [-0.15, -0.1) is 11.3 Å². The fourth-order valence-electron chi connectivity index (χ4n) is 2.26. The topological polar surface area (TPSA) is 97.8 Å². The summed E-state index contributed by atoms with van der Waals surface area (Å²) in [7, 11) is 0. The molecule has 2 N–H and O–H groups in total. The van der Waals surface area contributed by atoms with Gasteiger partial charge >= 0.3 is 5.97 Å². The fraction of sp³-hybridized carbons (Fsp3) is 0.312. The number of thiazole rings is 1. The average Bonchev–Trinajstić information content (AvgIpc) is 3.11. The van der Waals surface area contributed by atoms with Gasteiger partial charge in [0.05, 0.1) is 19.8 Å². The summed E-state index contributed by atoms with van der Waals surface area (Å²) in [6, 6.07) is 7.46. The summed E-state index contributed by atoms with van der Waals surface area (Å²) in [5.74, 6) is -1.25. The van der Waals surface area contributed by atoms with Crippen LogP contribution in [0.2, 0.25) is 0 Å². The van der Waals surface area contributed by atoms with Gasteiger partial charge in [-0.3, -0.25) is 4.79 Å². The Morgan fingerprint density at radius 1 is 1.38 bits per heavy atom. The van der Waals surface area contributed by atoms with Crippen LogP contribution >= 0.6 is 11.3 Å². The van der Waals surface area contributed by atoms with Crippen molar-refractivity contribution in [2.24, 2.45) is 0 Å². The van der Waals surface area contributed by atoms with E-state index in [0.29, 0.717) is 24.8 Å². The van der Waals surface area contributed by atoms with Crippen molar-refractivity contribution < 1.29 is 24.2 Å². The number of nitrogens with one attached hydrogen (secondary N) is 1. The number of aromatic nitrogens is 1. The van der Waals surface area contributed by atoms with Gasteiger partial charge in [-0.05, 0) is 11.6 Å². The van der Waals surface area contributed by atoms with Crippen LogP contribution in [0.4, 0.5) is 0 Å². The first-order chi connectivity index (χ1) is 11.6. The van der Waals surface area contributed by atoms with Crippen LogP contribution in [0.5, 0.6) is 0 Å². The van der Waals surface area contributed by atoms with E-state index in [2.05, 4.69) is 10.3 Å². The second-order valence-corrected chi connectivity index (χ2v) is 6.05. The minimum atomic E-state index is -1.05. The fourth-order valence-corrected chi connectivity index (χ4v) is 3.05. The predicted octanol–water partition coefficient (Wildman–Crippen LogP) is 1.54. The van der Waals surface area contributed by atoms with Crippen molar-refractivity contribution >= 4 is 23.2 Å². The van der Waals surface area contributed by atoms with E-state index < -0.39 is 12.1 Å². The molecule has 8 heteroatoms. The smallest absolute Gasteiger partial charge is 0.355 e. The Balaban J connectivity index is 1.64. The van der Waals surface area contributed by atoms with Crippen LogP contribution in [0.3, 0.4) is 0 Å². The van der Waals surface area contributed by atoms with Crippen molar-refractivity contribution in [1.29, 1.82) is 0 Å². The maximum Gasteiger partial charge on any atom is 0.355 e. The van der Waals surface area contributed by atoms with Crippen molar-refractivity contribution in [2.75, 3.05) is 19.8 Å². The van der Waals surface area contributed by atoms with E-state index in [4.69, 9.17) is 14.6 Å². The van der Waals surface area contributed by atoms with Gasteiger partial charge in [-0.1, -0.05) is 18.2 Å². The zero-order valence-electron chi connectivity index (χ0n) is 12.7. The average molecular weight is 348 g/mol. The third-order valence-electron chi connectivity index (χ3n) is 3.47. The molecule has 1 atom stereocenters. The van der Waals surface area contributed by atoms with E-state index in [-0.39, 0.29) is 18.2 Å². The monoisotopic (exact) mass is 348 g/mol. The van der Waals surface area contributed by atoms with E-state index in [1.807, 2.05) is 24.3 Å². The maximum atomic E-state index is 12.0. The Morgan fingerprint density at radius 2 is 2.25 bits per heavy atom. The molecule has 0 bridgehead atoms. The van der Waals surface area contributed by atoms with Crippen LogP contribution in [-0.4, -0.2) is 47.9 Å². The number of amides is 1. The zero-order valence-corrected chi connectivity index (χ0v) is 13.5. The molecule has 1 saturated heterocycles. The number of hydrogen-bond donors (Lipinski definition) is 2. The number of benzene rings is 1. The van der Waals surface area contributed by atoms with Crippen molar-refractivity contribution in [3.05, 3.63) is 40.9 Å². The van der Waals surface area contributed by atoms with Crippen molar-refractivity contribution in [2.45, 2.75) is 12.6 Å². The summed E-state index contributed by atoms with van der Waals surface area (Å²) in [4.78, 5) is 27.0. The number of carboxylic acid groups (broad SMARTS) is 1. The first-order valence-electron chi connectivity index (χ1n) is 7.38. The lowest BCUT2D eigenvalue weighted by Crippen LogP contribution is -2.42. The van der Waals surface area contributed by atoms with E-state index in [1.165, 1.54) is 16.7 Å². The summed E-state index contributed by atoms with van der Waals surface area (Å²) in [5.41, 5.74) is 1.74. The summed E-state index contributed by atoms with van der Waals surface area (Å²) >= 11 is 1.27. The third kappa shape index (κ3) is 3.97. The Morgan fingerprint density at radius 3 is 2.96 bits per heavy atom. The van der Waals surface area contributed by atoms with Gasteiger partial charge in [-0.2, -0.15) is 0 Å². The highest BCUT2D eigenvalue weighted by molar-refractivity contribution is 7.13. The van der Waals surface area contributed by atoms with Crippen LogP contribution in [0.15, 0.2) is 29.6 Å². The highest BCUT2D eigenvalue weighted by atomic mass is 32.1. The van der Waals surface area contributed by atoms with Gasteiger partial charge < -0.3 is 19.9 Å². The minimum Gasteiger partial charge on any atom is -0.476 e. The molecule has 1 amide bonds. The molecule has 1 aliphatic rings. The molecule has 0 radical (unpaired) electrons. The lowest BCUT2D eigenvalue weighted by atomic mass is 10.1. The normalized spacial score (nSPS) is 17.4. The predicted molar refractivity (Wildman–Crippen MR) is 86.9 cm³/mol. The van der Waals surface area contributed by atoms with Crippen LogP contribution in [0.1, 0.15) is 16.1 Å². The van der Waals surface area contributed by atoms with E-state index >= 15 is 0 Å². The Kier molecular flexibility index (Phi) is 5.19. The molecule has 1 fully saturated rings. The van der Waals surface area contributed by atoms with Gasteiger partial charge in [0.25, 0.3) is 5.91 Å². The molecule has 0 unspecified atom stereocenters. The Bertz CT molecular complexity index is 740. The second-order valence-electron chi connectivity index (χ2n) is 5.20. The summed E-state index contributed by atoms with van der Waals surface area (Å²) in [5, 5.41) is 13.9. The van der Waals surface area contributed by atoms with Gasteiger partial charge in [0, 0.05) is 17.5 Å². The molecular formula is C16H16N2O5S. The van der Waals surface area contributed by atoms with Crippen LogP contribution in [-0.2, 0) is 20.8 Å². The van der Waals surface area contributed by atoms with E-state index in [1.54, 1.807) is 0 Å². The number of carboxylic acids is 1. The minimum absolute atomic E-state index is 0.0307. The molecule has 2 heterocycles. The van der Waals surface area contributed by atoms with E-state index in [0.717, 1.165) is 11.1 Å². The summed E-state index contributed by atoms with van der Waals surface area (Å²) in [6.07, 6.45) is -0.570. The number of carbonyl (C=O) groups is 2. The zero-order chi connectivity index (χ0) is 16.9. The van der Waals surface area contributed by atoms with Gasteiger partial charge in [-0.25, -0.2) is 9.78 Å². The lowest BCUT2D eigenvalue weighted by Gasteiger charge is -2.22. The molecule has 1 aromatic heterocycles. The van der Waals surface area contributed by atoms with Crippen LogP contribution < -0.4 is 5.32 Å². The molecule has 2 aromatic rings. The molecule has 1 aliphatic heterocycles. The van der Waals surface area contributed by atoms with Crippen molar-refractivity contribution in [3.8, 4) is 10.6 Å². The number of hydrogen-bond acceptors (Lipinski definition) is 6. The van der Waals surface area contributed by atoms with Crippen molar-refractivity contribution in [1.82, 2.24) is 10.3 Å². The molecule has 0 saturated carbocycles. The van der Waals surface area contributed by atoms with Crippen LogP contribution in [0.25, 0.3) is 10.6 Å². The summed E-state index contributed by atoms with van der Waals surface area (Å²) in [6.45, 7) is 1.55.